The minimum Gasteiger partial charge on any atom is -0.484 e. The number of hydrogen-bond acceptors (Lipinski definition) is 6. The number of aliphatic hydroxyl groups excluding tert-OH is 1. The molecule has 1 unspecified atom stereocenters. The number of benzene rings is 1. The maximum absolute atomic E-state index is 12.6. The van der Waals surface area contributed by atoms with E-state index in [1.807, 2.05) is 0 Å². The standard InChI is InChI=1S/C21H25ClN2O6/c1-13-15-7-6-14(10-17(15)30-21(28)19(13)22)29-12-18(26)23-16(11-25)20(27)24-8-4-2-3-5-9-24/h6-7,10,16,25H,2-5,8-9,11-12H2,1H3,(H,23,26). The van der Waals surface area contributed by atoms with Gasteiger partial charge in [0.15, 0.2) is 6.61 Å². The first-order chi connectivity index (χ1) is 14.4. The number of carbonyl (C=O) groups excluding carboxylic acids is 2. The number of hydrogen-bond donors (Lipinski definition) is 2. The molecule has 9 heteroatoms. The summed E-state index contributed by atoms with van der Waals surface area (Å²) in [6.07, 6.45) is 3.99. The van der Waals surface area contributed by atoms with Gasteiger partial charge in [0.2, 0.25) is 5.91 Å². The average Bonchev–Trinajstić information content (AvgIpc) is 3.03. The van der Waals surface area contributed by atoms with Crippen LogP contribution in [0, 0.1) is 6.92 Å². The number of carbonyl (C=O) groups is 2. The number of nitrogens with one attached hydrogen (secondary N) is 1. The second kappa shape index (κ2) is 9.95. The minimum atomic E-state index is -1.00. The largest absolute Gasteiger partial charge is 0.484 e. The lowest BCUT2D eigenvalue weighted by Crippen LogP contribution is -2.51. The number of halogens is 1. The first-order valence-electron chi connectivity index (χ1n) is 9.95. The summed E-state index contributed by atoms with van der Waals surface area (Å²) in [5, 5.41) is 12.8. The van der Waals surface area contributed by atoms with Crippen molar-refractivity contribution in [2.75, 3.05) is 26.3 Å². The number of likely N-dealkylation sites (tertiary alicyclic amines) is 1. The molecule has 162 valence electrons. The second-order valence-corrected chi connectivity index (χ2v) is 7.70. The van der Waals surface area contributed by atoms with Crippen molar-refractivity contribution >= 4 is 34.4 Å². The monoisotopic (exact) mass is 436 g/mol. The SMILES string of the molecule is Cc1c(Cl)c(=O)oc2cc(OCC(=O)NC(CO)C(=O)N3CCCCCC3)ccc12. The van der Waals surface area contributed by atoms with Crippen LogP contribution in [0.15, 0.2) is 27.4 Å². The molecule has 30 heavy (non-hydrogen) atoms. The van der Waals surface area contributed by atoms with E-state index in [4.69, 9.17) is 20.8 Å². The maximum Gasteiger partial charge on any atom is 0.355 e. The fourth-order valence-corrected chi connectivity index (χ4v) is 3.62. The van der Waals surface area contributed by atoms with Gasteiger partial charge in [0, 0.05) is 24.5 Å². The van der Waals surface area contributed by atoms with Crippen molar-refractivity contribution in [2.24, 2.45) is 0 Å². The maximum atomic E-state index is 12.6. The highest BCUT2D eigenvalue weighted by Crippen LogP contribution is 2.25. The Hall–Kier alpha value is -2.58. The van der Waals surface area contributed by atoms with Crippen molar-refractivity contribution in [1.82, 2.24) is 10.2 Å². The van der Waals surface area contributed by atoms with E-state index in [1.54, 1.807) is 24.0 Å². The quantitative estimate of drug-likeness (QED) is 0.670. The molecule has 8 nitrogen and oxygen atoms in total. The van der Waals surface area contributed by atoms with Gasteiger partial charge in [0.05, 0.1) is 6.61 Å². The zero-order valence-electron chi connectivity index (χ0n) is 16.8. The fraction of sp³-hybridized carbons (Fsp3) is 0.476. The van der Waals surface area contributed by atoms with E-state index in [0.29, 0.717) is 35.4 Å². The third kappa shape index (κ3) is 5.12. The van der Waals surface area contributed by atoms with E-state index in [2.05, 4.69) is 5.32 Å². The molecule has 0 saturated carbocycles. The van der Waals surface area contributed by atoms with Crippen LogP contribution < -0.4 is 15.7 Å². The molecule has 0 bridgehead atoms. The molecule has 1 aliphatic rings. The zero-order chi connectivity index (χ0) is 21.7. The van der Waals surface area contributed by atoms with Gasteiger partial charge in [0.25, 0.3) is 5.91 Å². The third-order valence-electron chi connectivity index (χ3n) is 5.17. The Kier molecular flexibility index (Phi) is 7.33. The Morgan fingerprint density at radius 3 is 2.63 bits per heavy atom. The van der Waals surface area contributed by atoms with Crippen LogP contribution in [0.3, 0.4) is 0 Å². The highest BCUT2D eigenvalue weighted by atomic mass is 35.5. The summed E-state index contributed by atoms with van der Waals surface area (Å²) >= 11 is 5.91. The highest BCUT2D eigenvalue weighted by Gasteiger charge is 2.26. The highest BCUT2D eigenvalue weighted by molar-refractivity contribution is 6.31. The summed E-state index contributed by atoms with van der Waals surface area (Å²) in [6.45, 7) is 2.14. The van der Waals surface area contributed by atoms with E-state index in [-0.39, 0.29) is 17.5 Å². The number of ether oxygens (including phenoxy) is 1. The lowest BCUT2D eigenvalue weighted by atomic mass is 10.1. The molecule has 2 aromatic rings. The predicted octanol–water partition coefficient (Wildman–Crippen LogP) is 2.01. The van der Waals surface area contributed by atoms with Gasteiger partial charge in [-0.25, -0.2) is 4.79 Å². The van der Waals surface area contributed by atoms with E-state index in [9.17, 15) is 19.5 Å². The van der Waals surface area contributed by atoms with E-state index >= 15 is 0 Å². The summed E-state index contributed by atoms with van der Waals surface area (Å²) in [5.41, 5.74) is 0.253. The average molecular weight is 437 g/mol. The summed E-state index contributed by atoms with van der Waals surface area (Å²) in [7, 11) is 0. The lowest BCUT2D eigenvalue weighted by Gasteiger charge is -2.25. The summed E-state index contributed by atoms with van der Waals surface area (Å²) in [6, 6.07) is 3.81. The molecular weight excluding hydrogens is 412 g/mol. The lowest BCUT2D eigenvalue weighted by molar-refractivity contribution is -0.138. The number of aryl methyl sites for hydroxylation is 1. The van der Waals surface area contributed by atoms with Gasteiger partial charge in [0.1, 0.15) is 22.4 Å². The van der Waals surface area contributed by atoms with Gasteiger partial charge in [-0.3, -0.25) is 9.59 Å². The van der Waals surface area contributed by atoms with Crippen LogP contribution in [0.4, 0.5) is 0 Å². The Morgan fingerprint density at radius 2 is 1.97 bits per heavy atom. The molecule has 1 atom stereocenters. The van der Waals surface area contributed by atoms with E-state index in [1.165, 1.54) is 6.07 Å². The molecule has 1 aliphatic heterocycles. The Labute approximate surface area is 178 Å². The van der Waals surface area contributed by atoms with Gasteiger partial charge < -0.3 is 24.5 Å². The van der Waals surface area contributed by atoms with Crippen LogP contribution >= 0.6 is 11.6 Å². The second-order valence-electron chi connectivity index (χ2n) is 7.32. The Bertz CT molecular complexity index is 981. The minimum absolute atomic E-state index is 0.0275. The molecule has 3 rings (SSSR count). The molecule has 2 N–H and O–H groups in total. The molecule has 1 aromatic heterocycles. The number of fused-ring (bicyclic) bond motifs is 1. The molecular formula is C21H25ClN2O6. The molecule has 2 heterocycles. The van der Waals surface area contributed by atoms with Crippen molar-refractivity contribution in [3.63, 3.8) is 0 Å². The van der Waals surface area contributed by atoms with Crippen molar-refractivity contribution in [3.05, 3.63) is 39.2 Å². The first-order valence-corrected chi connectivity index (χ1v) is 10.3. The molecule has 1 aromatic carbocycles. The van der Waals surface area contributed by atoms with Crippen molar-refractivity contribution in [1.29, 1.82) is 0 Å². The molecule has 1 saturated heterocycles. The number of amides is 2. The normalized spacial score (nSPS) is 15.5. The predicted molar refractivity (Wildman–Crippen MR) is 112 cm³/mol. The molecule has 1 fully saturated rings. The van der Waals surface area contributed by atoms with Crippen LogP contribution in [0.1, 0.15) is 31.2 Å². The molecule has 0 spiro atoms. The van der Waals surface area contributed by atoms with Crippen LogP contribution in [-0.2, 0) is 9.59 Å². The number of rotatable bonds is 6. The van der Waals surface area contributed by atoms with Gasteiger partial charge in [-0.05, 0) is 37.5 Å². The van der Waals surface area contributed by atoms with Crippen molar-refractivity contribution < 1.29 is 23.8 Å². The summed E-state index contributed by atoms with van der Waals surface area (Å²) < 4.78 is 10.6. The number of aliphatic hydroxyl groups is 1. The third-order valence-corrected chi connectivity index (χ3v) is 5.61. The Morgan fingerprint density at radius 1 is 1.27 bits per heavy atom. The first kappa shape index (κ1) is 22.1. The Balaban J connectivity index is 1.61. The topological polar surface area (TPSA) is 109 Å². The van der Waals surface area contributed by atoms with Gasteiger partial charge in [-0.1, -0.05) is 24.4 Å². The number of nitrogens with zero attached hydrogens (tertiary/aromatic N) is 1. The van der Waals surface area contributed by atoms with Crippen molar-refractivity contribution in [3.8, 4) is 5.75 Å². The van der Waals surface area contributed by atoms with E-state index in [0.717, 1.165) is 25.7 Å². The van der Waals surface area contributed by atoms with Crippen LogP contribution in [-0.4, -0.2) is 54.2 Å². The smallest absolute Gasteiger partial charge is 0.355 e. The van der Waals surface area contributed by atoms with Gasteiger partial charge >= 0.3 is 5.63 Å². The molecule has 0 aliphatic carbocycles. The summed E-state index contributed by atoms with van der Waals surface area (Å²) in [5.74, 6) is -0.499. The van der Waals surface area contributed by atoms with Crippen LogP contribution in [0.5, 0.6) is 5.75 Å². The molecule has 2 amide bonds. The summed E-state index contributed by atoms with van der Waals surface area (Å²) in [4.78, 5) is 38.3. The van der Waals surface area contributed by atoms with E-state index < -0.39 is 24.2 Å². The van der Waals surface area contributed by atoms with Crippen LogP contribution in [0.2, 0.25) is 5.02 Å². The van der Waals surface area contributed by atoms with Crippen molar-refractivity contribution in [2.45, 2.75) is 38.6 Å². The van der Waals surface area contributed by atoms with Gasteiger partial charge in [-0.2, -0.15) is 0 Å². The fourth-order valence-electron chi connectivity index (χ4n) is 3.48. The van der Waals surface area contributed by atoms with Gasteiger partial charge in [-0.15, -0.1) is 0 Å². The van der Waals surface area contributed by atoms with Crippen LogP contribution in [0.25, 0.3) is 11.0 Å². The zero-order valence-corrected chi connectivity index (χ0v) is 17.5. The molecule has 0 radical (unpaired) electrons.